The molecule has 0 fully saturated rings. The van der Waals surface area contributed by atoms with Crippen molar-refractivity contribution in [2.45, 2.75) is 13.0 Å². The third kappa shape index (κ3) is 2.80. The average Bonchev–Trinajstić information content (AvgIpc) is 2.35. The molecule has 94 valence electrons. The van der Waals surface area contributed by atoms with E-state index in [0.717, 1.165) is 17.1 Å². The van der Waals surface area contributed by atoms with Crippen LogP contribution >= 0.6 is 23.2 Å². The van der Waals surface area contributed by atoms with Gasteiger partial charge in [-0.25, -0.2) is 9.97 Å². The van der Waals surface area contributed by atoms with Gasteiger partial charge in [-0.2, -0.15) is 0 Å². The largest absolute Gasteiger partial charge is 0.308 e. The minimum absolute atomic E-state index is 0.0992. The smallest absolute Gasteiger partial charge is 0.125 e. The van der Waals surface area contributed by atoms with E-state index in [1.807, 2.05) is 26.1 Å². The minimum Gasteiger partial charge on any atom is -0.308 e. The fourth-order valence-electron chi connectivity index (χ4n) is 1.83. The first-order chi connectivity index (χ1) is 8.61. The monoisotopic (exact) mass is 281 g/mol. The van der Waals surface area contributed by atoms with Gasteiger partial charge in [0.1, 0.15) is 5.82 Å². The molecule has 1 N–H and O–H groups in total. The highest BCUT2D eigenvalue weighted by molar-refractivity contribution is 6.33. The van der Waals surface area contributed by atoms with Crippen LogP contribution in [0.5, 0.6) is 0 Å². The van der Waals surface area contributed by atoms with Gasteiger partial charge in [-0.1, -0.05) is 23.2 Å². The summed E-state index contributed by atoms with van der Waals surface area (Å²) >= 11 is 12.2. The fraction of sp³-hybridized carbons (Fsp3) is 0.231. The second-order valence-electron chi connectivity index (χ2n) is 3.92. The quantitative estimate of drug-likeness (QED) is 0.937. The zero-order valence-electron chi connectivity index (χ0n) is 10.1. The Hall–Kier alpha value is -1.16. The van der Waals surface area contributed by atoms with Crippen molar-refractivity contribution in [3.8, 4) is 0 Å². The maximum atomic E-state index is 6.22. The summed E-state index contributed by atoms with van der Waals surface area (Å²) in [5.74, 6) is 0.728. The molecule has 1 atom stereocenters. The highest BCUT2D eigenvalue weighted by Gasteiger charge is 2.17. The maximum absolute atomic E-state index is 6.22. The number of rotatable bonds is 3. The number of nitrogens with zero attached hydrogens (tertiary/aromatic N) is 2. The molecule has 2 rings (SSSR count). The summed E-state index contributed by atoms with van der Waals surface area (Å²) in [4.78, 5) is 8.51. The summed E-state index contributed by atoms with van der Waals surface area (Å²) in [6.45, 7) is 1.86. The van der Waals surface area contributed by atoms with Crippen LogP contribution in [0.15, 0.2) is 30.5 Å². The molecule has 0 aliphatic heterocycles. The molecular formula is C13H13Cl2N3. The highest BCUT2D eigenvalue weighted by atomic mass is 35.5. The molecule has 1 aromatic carbocycles. The predicted molar refractivity (Wildman–Crippen MR) is 74.1 cm³/mol. The molecule has 0 aliphatic carbocycles. The van der Waals surface area contributed by atoms with E-state index in [0.29, 0.717) is 10.0 Å². The third-order valence-corrected chi connectivity index (χ3v) is 3.23. The van der Waals surface area contributed by atoms with Gasteiger partial charge in [-0.3, -0.25) is 0 Å². The van der Waals surface area contributed by atoms with Crippen LogP contribution in [0.1, 0.15) is 23.1 Å². The van der Waals surface area contributed by atoms with Gasteiger partial charge in [0.2, 0.25) is 0 Å². The van der Waals surface area contributed by atoms with Gasteiger partial charge in [0.15, 0.2) is 0 Å². The maximum Gasteiger partial charge on any atom is 0.125 e. The van der Waals surface area contributed by atoms with Gasteiger partial charge in [0.05, 0.1) is 11.7 Å². The molecule has 0 amide bonds. The molecule has 3 nitrogen and oxygen atoms in total. The van der Waals surface area contributed by atoms with Gasteiger partial charge in [-0.15, -0.1) is 0 Å². The highest BCUT2D eigenvalue weighted by Crippen LogP contribution is 2.29. The molecule has 1 aromatic heterocycles. The normalized spacial score (nSPS) is 12.4. The van der Waals surface area contributed by atoms with Crippen LogP contribution in [0, 0.1) is 6.92 Å². The van der Waals surface area contributed by atoms with E-state index in [9.17, 15) is 0 Å². The summed E-state index contributed by atoms with van der Waals surface area (Å²) in [5.41, 5.74) is 1.78. The van der Waals surface area contributed by atoms with E-state index in [1.165, 1.54) is 0 Å². The molecule has 18 heavy (non-hydrogen) atoms. The lowest BCUT2D eigenvalue weighted by Gasteiger charge is -2.18. The van der Waals surface area contributed by atoms with Gasteiger partial charge < -0.3 is 5.32 Å². The first-order valence-corrected chi connectivity index (χ1v) is 6.29. The van der Waals surface area contributed by atoms with E-state index in [-0.39, 0.29) is 6.04 Å². The van der Waals surface area contributed by atoms with Crippen molar-refractivity contribution in [2.75, 3.05) is 7.05 Å². The summed E-state index contributed by atoms with van der Waals surface area (Å²) < 4.78 is 0. The standard InChI is InChI=1S/C13H13Cl2N3/c1-8-17-6-5-12(18-8)13(16-2)10-7-9(14)3-4-11(10)15/h3-7,13,16H,1-2H3. The van der Waals surface area contributed by atoms with Crippen molar-refractivity contribution in [3.63, 3.8) is 0 Å². The van der Waals surface area contributed by atoms with E-state index in [1.54, 1.807) is 18.3 Å². The van der Waals surface area contributed by atoms with Gasteiger partial charge in [-0.05, 0) is 43.8 Å². The number of aryl methyl sites for hydroxylation is 1. The van der Waals surface area contributed by atoms with Crippen molar-refractivity contribution in [1.29, 1.82) is 0 Å². The first-order valence-electron chi connectivity index (χ1n) is 5.53. The molecular weight excluding hydrogens is 269 g/mol. The predicted octanol–water partition coefficient (Wildman–Crippen LogP) is 3.40. The van der Waals surface area contributed by atoms with Crippen molar-refractivity contribution >= 4 is 23.2 Å². The number of benzene rings is 1. The molecule has 0 bridgehead atoms. The Morgan fingerprint density at radius 2 is 2.00 bits per heavy atom. The molecule has 0 spiro atoms. The summed E-state index contributed by atoms with van der Waals surface area (Å²) in [6, 6.07) is 7.18. The molecule has 0 radical (unpaired) electrons. The van der Waals surface area contributed by atoms with Crippen LogP contribution in [0.2, 0.25) is 10.0 Å². The topological polar surface area (TPSA) is 37.8 Å². The zero-order valence-corrected chi connectivity index (χ0v) is 11.6. The molecule has 0 aliphatic rings. The third-order valence-electron chi connectivity index (χ3n) is 2.65. The van der Waals surface area contributed by atoms with Crippen molar-refractivity contribution in [1.82, 2.24) is 15.3 Å². The van der Waals surface area contributed by atoms with Crippen molar-refractivity contribution in [3.05, 3.63) is 57.6 Å². The van der Waals surface area contributed by atoms with Crippen LogP contribution in [0.25, 0.3) is 0 Å². The van der Waals surface area contributed by atoms with Gasteiger partial charge in [0.25, 0.3) is 0 Å². The zero-order chi connectivity index (χ0) is 13.1. The first kappa shape index (κ1) is 13.3. The Labute approximate surface area is 116 Å². The van der Waals surface area contributed by atoms with E-state index >= 15 is 0 Å². The molecule has 1 heterocycles. The molecule has 2 aromatic rings. The molecule has 0 saturated heterocycles. The lowest BCUT2D eigenvalue weighted by atomic mass is 10.0. The van der Waals surface area contributed by atoms with Crippen LogP contribution in [0.4, 0.5) is 0 Å². The van der Waals surface area contributed by atoms with Gasteiger partial charge in [0, 0.05) is 16.2 Å². The lowest BCUT2D eigenvalue weighted by molar-refractivity contribution is 0.665. The average molecular weight is 282 g/mol. The minimum atomic E-state index is -0.0992. The Bertz CT molecular complexity index is 558. The number of nitrogens with one attached hydrogen (secondary N) is 1. The Morgan fingerprint density at radius 1 is 1.22 bits per heavy atom. The summed E-state index contributed by atoms with van der Waals surface area (Å²) in [6.07, 6.45) is 1.74. The summed E-state index contributed by atoms with van der Waals surface area (Å²) in [5, 5.41) is 4.51. The van der Waals surface area contributed by atoms with Crippen molar-refractivity contribution in [2.24, 2.45) is 0 Å². The molecule has 0 saturated carbocycles. The van der Waals surface area contributed by atoms with Crippen LogP contribution in [-0.2, 0) is 0 Å². The van der Waals surface area contributed by atoms with E-state index in [2.05, 4.69) is 15.3 Å². The van der Waals surface area contributed by atoms with E-state index < -0.39 is 0 Å². The Kier molecular flexibility index (Phi) is 4.17. The molecule has 5 heteroatoms. The number of hydrogen-bond acceptors (Lipinski definition) is 3. The Balaban J connectivity index is 2.48. The number of aromatic nitrogens is 2. The van der Waals surface area contributed by atoms with E-state index in [4.69, 9.17) is 23.2 Å². The number of hydrogen-bond donors (Lipinski definition) is 1. The van der Waals surface area contributed by atoms with Crippen LogP contribution < -0.4 is 5.32 Å². The van der Waals surface area contributed by atoms with Crippen molar-refractivity contribution < 1.29 is 0 Å². The SMILES string of the molecule is CNC(c1ccnc(C)n1)c1cc(Cl)ccc1Cl. The fourth-order valence-corrected chi connectivity index (χ4v) is 2.24. The summed E-state index contributed by atoms with van der Waals surface area (Å²) in [7, 11) is 1.86. The molecule has 1 unspecified atom stereocenters. The second kappa shape index (κ2) is 5.65. The Morgan fingerprint density at radius 3 is 2.67 bits per heavy atom. The number of halogens is 2. The van der Waals surface area contributed by atoms with Gasteiger partial charge >= 0.3 is 0 Å². The van der Waals surface area contributed by atoms with Crippen LogP contribution in [0.3, 0.4) is 0 Å². The second-order valence-corrected chi connectivity index (χ2v) is 4.76. The van der Waals surface area contributed by atoms with Crippen LogP contribution in [-0.4, -0.2) is 17.0 Å². The lowest BCUT2D eigenvalue weighted by Crippen LogP contribution is -2.19.